The maximum absolute atomic E-state index is 12.5. The summed E-state index contributed by atoms with van der Waals surface area (Å²) in [7, 11) is -3.69. The third kappa shape index (κ3) is 6.65. The van der Waals surface area contributed by atoms with Crippen molar-refractivity contribution in [2.75, 3.05) is 6.26 Å². The molecule has 0 aliphatic heterocycles. The van der Waals surface area contributed by atoms with Gasteiger partial charge in [0.2, 0.25) is 0 Å². The van der Waals surface area contributed by atoms with E-state index < -0.39 is 26.8 Å². The van der Waals surface area contributed by atoms with Gasteiger partial charge in [0.15, 0.2) is 11.1 Å². The Labute approximate surface area is 160 Å². The fourth-order valence-electron chi connectivity index (χ4n) is 2.40. The van der Waals surface area contributed by atoms with Gasteiger partial charge < -0.3 is 4.55 Å². The fourth-order valence-corrected chi connectivity index (χ4v) is 3.21. The third-order valence-electron chi connectivity index (χ3n) is 3.55. The number of hydrogen-bond acceptors (Lipinski definition) is 6. The van der Waals surface area contributed by atoms with Crippen LogP contribution in [0.4, 0.5) is 0 Å². The van der Waals surface area contributed by atoms with Crippen molar-refractivity contribution >= 4 is 21.2 Å². The van der Waals surface area contributed by atoms with Crippen LogP contribution in [0.2, 0.25) is 0 Å². The molecule has 0 radical (unpaired) electrons. The normalized spacial score (nSPS) is 13.1. The standard InChI is InChI=1S/C17H22N2O6S2/c1-12(2)9-19-17(20)15(10-25-27(3,23)24)8-16(18-19)14-6-4-13(5-7-14)11-26(21)22/h4-8,12H,9-11H2,1-3H3,(H,21,22). The quantitative estimate of drug-likeness (QED) is 0.517. The summed E-state index contributed by atoms with van der Waals surface area (Å²) >= 11 is -1.93. The van der Waals surface area contributed by atoms with Gasteiger partial charge in [-0.25, -0.2) is 8.89 Å². The van der Waals surface area contributed by atoms with E-state index >= 15 is 0 Å². The average Bonchev–Trinajstić information content (AvgIpc) is 2.54. The van der Waals surface area contributed by atoms with Gasteiger partial charge in [-0.1, -0.05) is 38.1 Å². The molecule has 0 spiro atoms. The summed E-state index contributed by atoms with van der Waals surface area (Å²) < 4.78 is 48.5. The predicted molar refractivity (Wildman–Crippen MR) is 103 cm³/mol. The first-order valence-corrected chi connectivity index (χ1v) is 11.3. The molecule has 1 heterocycles. The number of hydrogen-bond donors (Lipinski definition) is 1. The number of aromatic nitrogens is 2. The van der Waals surface area contributed by atoms with Gasteiger partial charge in [0.25, 0.3) is 15.7 Å². The van der Waals surface area contributed by atoms with Crippen molar-refractivity contribution in [1.82, 2.24) is 9.78 Å². The van der Waals surface area contributed by atoms with Crippen molar-refractivity contribution in [2.45, 2.75) is 32.8 Å². The van der Waals surface area contributed by atoms with E-state index in [2.05, 4.69) is 5.10 Å². The maximum atomic E-state index is 12.5. The molecule has 2 rings (SSSR count). The van der Waals surface area contributed by atoms with E-state index in [4.69, 9.17) is 8.74 Å². The van der Waals surface area contributed by atoms with Crippen LogP contribution in [0.1, 0.15) is 25.0 Å². The number of nitrogens with zero attached hydrogens (tertiary/aromatic N) is 2. The molecular formula is C17H22N2O6S2. The van der Waals surface area contributed by atoms with Gasteiger partial charge in [-0.2, -0.15) is 13.5 Å². The Morgan fingerprint density at radius 3 is 2.41 bits per heavy atom. The molecule has 0 amide bonds. The molecule has 0 aliphatic rings. The Kier molecular flexibility index (Phi) is 7.04. The molecule has 0 bridgehead atoms. The Hall–Kier alpha value is -1.88. The van der Waals surface area contributed by atoms with E-state index in [1.807, 2.05) is 13.8 Å². The van der Waals surface area contributed by atoms with E-state index in [0.29, 0.717) is 23.4 Å². The number of benzene rings is 1. The molecule has 0 saturated carbocycles. The van der Waals surface area contributed by atoms with Crippen LogP contribution in [-0.4, -0.2) is 33.2 Å². The van der Waals surface area contributed by atoms with Crippen molar-refractivity contribution in [3.05, 3.63) is 51.8 Å². The Bertz CT molecular complexity index is 981. The van der Waals surface area contributed by atoms with Crippen molar-refractivity contribution in [3.8, 4) is 11.3 Å². The van der Waals surface area contributed by atoms with Gasteiger partial charge in [-0.05, 0) is 17.5 Å². The third-order valence-corrected chi connectivity index (χ3v) is 4.68. The molecule has 8 nitrogen and oxygen atoms in total. The van der Waals surface area contributed by atoms with Crippen LogP contribution in [0.3, 0.4) is 0 Å². The lowest BCUT2D eigenvalue weighted by Crippen LogP contribution is -2.29. The Morgan fingerprint density at radius 1 is 1.26 bits per heavy atom. The summed E-state index contributed by atoms with van der Waals surface area (Å²) in [5.74, 6) is 0.185. The monoisotopic (exact) mass is 414 g/mol. The summed E-state index contributed by atoms with van der Waals surface area (Å²) in [5.41, 5.74) is 1.66. The molecule has 1 aromatic heterocycles. The molecule has 1 N–H and O–H groups in total. The first-order valence-electron chi connectivity index (χ1n) is 8.17. The van der Waals surface area contributed by atoms with Gasteiger partial charge in [0.05, 0.1) is 24.3 Å². The van der Waals surface area contributed by atoms with Crippen molar-refractivity contribution in [1.29, 1.82) is 0 Å². The fraction of sp³-hybridized carbons (Fsp3) is 0.412. The minimum Gasteiger partial charge on any atom is -0.306 e. The second kappa shape index (κ2) is 8.87. The Balaban J connectivity index is 2.45. The first kappa shape index (κ1) is 21.4. The number of rotatable bonds is 8. The van der Waals surface area contributed by atoms with Crippen molar-refractivity contribution in [3.63, 3.8) is 0 Å². The highest BCUT2D eigenvalue weighted by Crippen LogP contribution is 2.19. The van der Waals surface area contributed by atoms with Gasteiger partial charge >= 0.3 is 0 Å². The zero-order valence-electron chi connectivity index (χ0n) is 15.3. The average molecular weight is 415 g/mol. The minimum absolute atomic E-state index is 0.0218. The molecule has 0 fully saturated rings. The zero-order chi connectivity index (χ0) is 20.2. The molecule has 1 unspecified atom stereocenters. The van der Waals surface area contributed by atoms with Crippen molar-refractivity contribution < 1.29 is 21.4 Å². The van der Waals surface area contributed by atoms with Crippen LogP contribution in [0, 0.1) is 5.92 Å². The second-order valence-electron chi connectivity index (χ2n) is 6.56. The van der Waals surface area contributed by atoms with Crippen LogP contribution < -0.4 is 5.56 Å². The first-order chi connectivity index (χ1) is 12.5. The summed E-state index contributed by atoms with van der Waals surface area (Å²) in [6, 6.07) is 8.38. The summed E-state index contributed by atoms with van der Waals surface area (Å²) in [6.07, 6.45) is 0.922. The summed E-state index contributed by atoms with van der Waals surface area (Å²) in [4.78, 5) is 12.5. The largest absolute Gasteiger partial charge is 0.306 e. The smallest absolute Gasteiger partial charge is 0.272 e. The van der Waals surface area contributed by atoms with Crippen LogP contribution >= 0.6 is 0 Å². The SMILES string of the molecule is CC(C)Cn1nc(-c2ccc(CS(=O)O)cc2)cc(COS(C)(=O)=O)c1=O. The lowest BCUT2D eigenvalue weighted by atomic mass is 10.1. The van der Waals surface area contributed by atoms with E-state index in [9.17, 15) is 17.4 Å². The molecular weight excluding hydrogens is 392 g/mol. The van der Waals surface area contributed by atoms with Crippen LogP contribution in [0.15, 0.2) is 35.1 Å². The van der Waals surface area contributed by atoms with E-state index in [0.717, 1.165) is 6.26 Å². The highest BCUT2D eigenvalue weighted by molar-refractivity contribution is 7.85. The summed E-state index contributed by atoms with van der Waals surface area (Å²) in [5, 5.41) is 4.37. The van der Waals surface area contributed by atoms with Gasteiger partial charge in [-0.3, -0.25) is 8.98 Å². The van der Waals surface area contributed by atoms with E-state index in [-0.39, 0.29) is 23.8 Å². The van der Waals surface area contributed by atoms with Crippen LogP contribution in [-0.2, 0) is 44.3 Å². The molecule has 27 heavy (non-hydrogen) atoms. The van der Waals surface area contributed by atoms with E-state index in [1.54, 1.807) is 24.3 Å². The highest BCUT2D eigenvalue weighted by Gasteiger charge is 2.14. The van der Waals surface area contributed by atoms with Gasteiger partial charge in [0.1, 0.15) is 0 Å². The van der Waals surface area contributed by atoms with Crippen LogP contribution in [0.5, 0.6) is 0 Å². The molecule has 148 valence electrons. The molecule has 1 aromatic carbocycles. The zero-order valence-corrected chi connectivity index (χ0v) is 16.9. The topological polar surface area (TPSA) is 116 Å². The lowest BCUT2D eigenvalue weighted by Gasteiger charge is -2.12. The lowest BCUT2D eigenvalue weighted by molar-refractivity contribution is 0.307. The minimum atomic E-state index is -3.69. The van der Waals surface area contributed by atoms with Crippen molar-refractivity contribution in [2.24, 2.45) is 5.92 Å². The molecule has 2 aromatic rings. The van der Waals surface area contributed by atoms with Gasteiger partial charge in [-0.15, -0.1) is 0 Å². The molecule has 10 heteroatoms. The second-order valence-corrected chi connectivity index (χ2v) is 9.14. The molecule has 0 aliphatic carbocycles. The summed E-state index contributed by atoms with van der Waals surface area (Å²) in [6.45, 7) is 3.89. The molecule has 0 saturated heterocycles. The predicted octanol–water partition coefficient (Wildman–Crippen LogP) is 1.76. The van der Waals surface area contributed by atoms with E-state index in [1.165, 1.54) is 10.7 Å². The molecule has 1 atom stereocenters. The van der Waals surface area contributed by atoms with Crippen LogP contribution in [0.25, 0.3) is 11.3 Å². The Morgan fingerprint density at radius 2 is 1.89 bits per heavy atom. The van der Waals surface area contributed by atoms with Gasteiger partial charge in [0, 0.05) is 17.7 Å². The highest BCUT2D eigenvalue weighted by atomic mass is 32.2. The maximum Gasteiger partial charge on any atom is 0.272 e.